The Bertz CT molecular complexity index is 1390. The highest BCUT2D eigenvalue weighted by molar-refractivity contribution is 7.07. The number of hydrogen-bond donors (Lipinski definition) is 1. The molecule has 35 heavy (non-hydrogen) atoms. The smallest absolute Gasteiger partial charge is 0.262 e. The van der Waals surface area contributed by atoms with Gasteiger partial charge in [-0.1, -0.05) is 30.3 Å². The Morgan fingerprint density at radius 3 is 2.69 bits per heavy atom. The minimum Gasteiger partial charge on any atom is -0.497 e. The molecule has 178 valence electrons. The van der Waals surface area contributed by atoms with Crippen molar-refractivity contribution in [3.63, 3.8) is 0 Å². The summed E-state index contributed by atoms with van der Waals surface area (Å²) in [5, 5.41) is 5.05. The molecule has 2 heterocycles. The molecule has 1 N–H and O–H groups in total. The summed E-state index contributed by atoms with van der Waals surface area (Å²) < 4.78 is 13.1. The number of ether oxygens (including phenoxy) is 2. The van der Waals surface area contributed by atoms with E-state index in [2.05, 4.69) is 46.5 Å². The van der Waals surface area contributed by atoms with Crippen molar-refractivity contribution < 1.29 is 14.3 Å². The molecule has 1 atom stereocenters. The molecule has 1 aromatic heterocycles. The number of thiazole rings is 1. The number of methoxy groups -OCH3 is 1. The summed E-state index contributed by atoms with van der Waals surface area (Å²) in [5.74, 6) is 1.35. The largest absolute Gasteiger partial charge is 0.497 e. The molecule has 0 bridgehead atoms. The van der Waals surface area contributed by atoms with Crippen molar-refractivity contribution in [3.8, 4) is 22.8 Å². The van der Waals surface area contributed by atoms with Crippen molar-refractivity contribution in [2.24, 2.45) is 4.99 Å². The first-order valence-corrected chi connectivity index (χ1v) is 12.5. The molecule has 1 aliphatic rings. The number of aromatic nitrogens is 1. The van der Waals surface area contributed by atoms with Gasteiger partial charge >= 0.3 is 0 Å². The van der Waals surface area contributed by atoms with Crippen LogP contribution in [0.1, 0.15) is 24.9 Å². The van der Waals surface area contributed by atoms with Crippen molar-refractivity contribution >= 4 is 28.6 Å². The second-order valence-corrected chi connectivity index (χ2v) is 9.34. The molecule has 1 amide bonds. The Labute approximate surface area is 208 Å². The van der Waals surface area contributed by atoms with E-state index < -0.39 is 0 Å². The van der Waals surface area contributed by atoms with E-state index in [1.54, 1.807) is 18.4 Å². The molecule has 7 heteroatoms. The molecule has 1 aliphatic heterocycles. The Morgan fingerprint density at radius 2 is 1.91 bits per heavy atom. The van der Waals surface area contributed by atoms with Crippen molar-refractivity contribution in [1.82, 2.24) is 4.57 Å². The van der Waals surface area contributed by atoms with Crippen LogP contribution in [-0.4, -0.2) is 24.2 Å². The van der Waals surface area contributed by atoms with Gasteiger partial charge in [0.2, 0.25) is 0 Å². The summed E-state index contributed by atoms with van der Waals surface area (Å²) in [5.41, 5.74) is 4.95. The van der Waals surface area contributed by atoms with E-state index in [0.717, 1.165) is 40.3 Å². The number of benzene rings is 3. The topological polar surface area (TPSA) is 64.8 Å². The first-order valence-electron chi connectivity index (χ1n) is 11.6. The van der Waals surface area contributed by atoms with E-state index in [9.17, 15) is 4.79 Å². The zero-order chi connectivity index (χ0) is 24.2. The lowest BCUT2D eigenvalue weighted by Gasteiger charge is -2.21. The Hall–Kier alpha value is -3.84. The fourth-order valence-electron chi connectivity index (χ4n) is 4.20. The normalized spacial score (nSPS) is 14.1. The zero-order valence-electron chi connectivity index (χ0n) is 19.7. The van der Waals surface area contributed by atoms with Gasteiger partial charge in [-0.2, -0.15) is 0 Å². The summed E-state index contributed by atoms with van der Waals surface area (Å²) in [6.07, 6.45) is 1.94. The number of carbonyl (C=O) groups excluding carboxylic acids is 1. The molecule has 6 nitrogen and oxygen atoms in total. The predicted molar refractivity (Wildman–Crippen MR) is 140 cm³/mol. The molecular weight excluding hydrogens is 458 g/mol. The van der Waals surface area contributed by atoms with E-state index in [0.29, 0.717) is 11.4 Å². The molecule has 0 radical (unpaired) electrons. The van der Waals surface area contributed by atoms with E-state index in [-0.39, 0.29) is 18.6 Å². The SMILES string of the molecule is COc1ccc(N=c2scc(-c3ccc4c(c3)NC(=O)CO4)n2[C@@H](C)CCc2ccccc2)cc1. The van der Waals surface area contributed by atoms with Crippen LogP contribution in [0.25, 0.3) is 11.3 Å². The van der Waals surface area contributed by atoms with Gasteiger partial charge in [0.25, 0.3) is 5.91 Å². The fraction of sp³-hybridized carbons (Fsp3) is 0.214. The fourth-order valence-corrected chi connectivity index (χ4v) is 5.21. The first-order chi connectivity index (χ1) is 17.1. The molecule has 0 fully saturated rings. The number of amides is 1. The summed E-state index contributed by atoms with van der Waals surface area (Å²) in [6.45, 7) is 2.28. The Balaban J connectivity index is 1.54. The number of carbonyl (C=O) groups is 1. The lowest BCUT2D eigenvalue weighted by molar-refractivity contribution is -0.118. The third kappa shape index (κ3) is 5.15. The van der Waals surface area contributed by atoms with Crippen LogP contribution >= 0.6 is 11.3 Å². The number of aryl methyl sites for hydroxylation is 1. The predicted octanol–water partition coefficient (Wildman–Crippen LogP) is 5.98. The van der Waals surface area contributed by atoms with Gasteiger partial charge in [-0.05, 0) is 67.8 Å². The number of rotatable bonds is 7. The van der Waals surface area contributed by atoms with E-state index in [1.165, 1.54) is 5.56 Å². The highest BCUT2D eigenvalue weighted by Gasteiger charge is 2.19. The van der Waals surface area contributed by atoms with Crippen LogP contribution in [0.5, 0.6) is 11.5 Å². The summed E-state index contributed by atoms with van der Waals surface area (Å²) >= 11 is 1.61. The highest BCUT2D eigenvalue weighted by Crippen LogP contribution is 2.34. The third-order valence-corrected chi connectivity index (χ3v) is 6.92. The van der Waals surface area contributed by atoms with Crippen molar-refractivity contribution in [2.45, 2.75) is 25.8 Å². The third-order valence-electron chi connectivity index (χ3n) is 6.08. The number of anilines is 1. The number of hydrogen-bond acceptors (Lipinski definition) is 5. The minimum absolute atomic E-state index is 0.0478. The van der Waals surface area contributed by atoms with Gasteiger partial charge in [0, 0.05) is 17.0 Å². The molecule has 0 saturated heterocycles. The molecule has 3 aromatic carbocycles. The maximum atomic E-state index is 11.9. The summed E-state index contributed by atoms with van der Waals surface area (Å²) in [6, 6.07) is 24.4. The maximum Gasteiger partial charge on any atom is 0.262 e. The number of fused-ring (bicyclic) bond motifs is 1. The number of nitrogens with zero attached hydrogens (tertiary/aromatic N) is 2. The van der Waals surface area contributed by atoms with Crippen LogP contribution in [0.2, 0.25) is 0 Å². The van der Waals surface area contributed by atoms with Gasteiger partial charge in [-0.25, -0.2) is 4.99 Å². The molecule has 4 aromatic rings. The van der Waals surface area contributed by atoms with E-state index in [1.807, 2.05) is 48.5 Å². The Kier molecular flexibility index (Phi) is 6.68. The summed E-state index contributed by atoms with van der Waals surface area (Å²) in [4.78, 5) is 17.7. The van der Waals surface area contributed by atoms with E-state index >= 15 is 0 Å². The zero-order valence-corrected chi connectivity index (χ0v) is 20.5. The molecular formula is C28H27N3O3S. The average molecular weight is 486 g/mol. The van der Waals surface area contributed by atoms with Gasteiger partial charge in [0.15, 0.2) is 11.4 Å². The van der Waals surface area contributed by atoms with Crippen molar-refractivity contribution in [1.29, 1.82) is 0 Å². The standard InChI is InChI=1S/C28H27N3O3S/c1-19(8-9-20-6-4-3-5-7-20)31-25(21-10-15-26-24(16-21)30-27(32)17-34-26)18-35-28(31)29-22-11-13-23(33-2)14-12-22/h3-7,10-16,18-19H,8-9,17H2,1-2H3,(H,30,32)/t19-/m0/s1. The van der Waals surface area contributed by atoms with Crippen LogP contribution in [0.4, 0.5) is 11.4 Å². The average Bonchev–Trinajstić information content (AvgIpc) is 3.31. The van der Waals surface area contributed by atoms with Crippen LogP contribution in [0.15, 0.2) is 83.2 Å². The molecule has 5 rings (SSSR count). The monoisotopic (exact) mass is 485 g/mol. The van der Waals surface area contributed by atoms with Crippen LogP contribution in [0, 0.1) is 0 Å². The van der Waals surface area contributed by atoms with Gasteiger partial charge in [-0.3, -0.25) is 4.79 Å². The summed E-state index contributed by atoms with van der Waals surface area (Å²) in [7, 11) is 1.66. The molecule has 0 aliphatic carbocycles. The minimum atomic E-state index is -0.140. The van der Waals surface area contributed by atoms with Crippen molar-refractivity contribution in [3.05, 3.63) is 88.5 Å². The van der Waals surface area contributed by atoms with Crippen LogP contribution in [0.3, 0.4) is 0 Å². The van der Waals surface area contributed by atoms with Crippen molar-refractivity contribution in [2.75, 3.05) is 19.0 Å². The van der Waals surface area contributed by atoms with Gasteiger partial charge < -0.3 is 19.4 Å². The first kappa shape index (κ1) is 22.9. The lowest BCUT2D eigenvalue weighted by Crippen LogP contribution is -2.25. The molecule has 0 spiro atoms. The quantitative estimate of drug-likeness (QED) is 0.350. The second kappa shape index (κ2) is 10.2. The van der Waals surface area contributed by atoms with E-state index in [4.69, 9.17) is 14.5 Å². The van der Waals surface area contributed by atoms with Gasteiger partial charge in [-0.15, -0.1) is 11.3 Å². The maximum absolute atomic E-state index is 11.9. The Morgan fingerprint density at radius 1 is 1.11 bits per heavy atom. The van der Waals surface area contributed by atoms with Gasteiger partial charge in [0.1, 0.15) is 11.5 Å². The van der Waals surface area contributed by atoms with Crippen LogP contribution in [-0.2, 0) is 11.2 Å². The van der Waals surface area contributed by atoms with Gasteiger partial charge in [0.05, 0.1) is 24.2 Å². The molecule has 0 unspecified atom stereocenters. The molecule has 0 saturated carbocycles. The lowest BCUT2D eigenvalue weighted by atomic mass is 10.0. The number of nitrogens with one attached hydrogen (secondary N) is 1. The van der Waals surface area contributed by atoms with Crippen LogP contribution < -0.4 is 19.6 Å². The second-order valence-electron chi connectivity index (χ2n) is 8.50. The highest BCUT2D eigenvalue weighted by atomic mass is 32.1.